The molecule has 1 aromatic rings. The van der Waals surface area contributed by atoms with Gasteiger partial charge in [0.25, 0.3) is 0 Å². The van der Waals surface area contributed by atoms with Crippen LogP contribution in [0.2, 0.25) is 0 Å². The minimum atomic E-state index is -0.388. The van der Waals surface area contributed by atoms with E-state index in [1.54, 1.807) is 6.07 Å². The third kappa shape index (κ3) is 2.87. The minimum Gasteiger partial charge on any atom is -0.463 e. The normalized spacial score (nSPS) is 10.3. The van der Waals surface area contributed by atoms with Crippen LogP contribution in [0.4, 0.5) is 4.39 Å². The van der Waals surface area contributed by atoms with Gasteiger partial charge in [0.15, 0.2) is 18.4 Å². The summed E-state index contributed by atoms with van der Waals surface area (Å²) >= 11 is 4.71. The summed E-state index contributed by atoms with van der Waals surface area (Å²) in [6.07, 6.45) is 1.89. The van der Waals surface area contributed by atoms with Crippen LogP contribution in [0.5, 0.6) is 5.75 Å². The van der Waals surface area contributed by atoms with Gasteiger partial charge in [-0.3, -0.25) is 0 Å². The Morgan fingerprint density at radius 3 is 2.71 bits per heavy atom. The van der Waals surface area contributed by atoms with Gasteiger partial charge in [0.1, 0.15) is 0 Å². The SMILES string of the molecule is COCOc1c(F)cc(SC)cc1Br. The van der Waals surface area contributed by atoms with Crippen LogP contribution in [0.25, 0.3) is 0 Å². The minimum absolute atomic E-state index is 0.0358. The fraction of sp³-hybridized carbons (Fsp3) is 0.333. The monoisotopic (exact) mass is 280 g/mol. The molecule has 0 saturated heterocycles. The first kappa shape index (κ1) is 11.8. The third-order valence-electron chi connectivity index (χ3n) is 1.53. The zero-order chi connectivity index (χ0) is 10.6. The lowest BCUT2D eigenvalue weighted by atomic mass is 10.3. The Labute approximate surface area is 94.9 Å². The second-order valence-electron chi connectivity index (χ2n) is 2.47. The third-order valence-corrected chi connectivity index (χ3v) is 2.82. The number of methoxy groups -OCH3 is 1. The maximum absolute atomic E-state index is 13.4. The lowest BCUT2D eigenvalue weighted by molar-refractivity contribution is 0.0476. The molecular weight excluding hydrogens is 271 g/mol. The first-order valence-electron chi connectivity index (χ1n) is 3.83. The highest BCUT2D eigenvalue weighted by atomic mass is 79.9. The number of thioether (sulfide) groups is 1. The van der Waals surface area contributed by atoms with E-state index in [9.17, 15) is 4.39 Å². The molecule has 0 aliphatic rings. The quantitative estimate of drug-likeness (QED) is 0.623. The van der Waals surface area contributed by atoms with Crippen LogP contribution in [0.1, 0.15) is 0 Å². The van der Waals surface area contributed by atoms with Crippen molar-refractivity contribution in [3.8, 4) is 5.75 Å². The molecule has 0 fully saturated rings. The summed E-state index contributed by atoms with van der Waals surface area (Å²) in [6.45, 7) is 0.0358. The summed E-state index contributed by atoms with van der Waals surface area (Å²) in [5, 5.41) is 0. The van der Waals surface area contributed by atoms with Crippen LogP contribution >= 0.6 is 27.7 Å². The van der Waals surface area contributed by atoms with Crippen LogP contribution in [0.15, 0.2) is 21.5 Å². The molecule has 0 heterocycles. The Bertz CT molecular complexity index is 297. The van der Waals surface area contributed by atoms with E-state index in [1.807, 2.05) is 6.26 Å². The molecule has 2 nitrogen and oxygen atoms in total. The predicted molar refractivity (Wildman–Crippen MR) is 58.4 cm³/mol. The van der Waals surface area contributed by atoms with Crippen molar-refractivity contribution in [2.45, 2.75) is 4.90 Å². The number of benzene rings is 1. The van der Waals surface area contributed by atoms with E-state index in [0.717, 1.165) is 4.90 Å². The largest absolute Gasteiger partial charge is 0.463 e. The number of halogens is 2. The molecule has 0 amide bonds. The zero-order valence-electron chi connectivity index (χ0n) is 7.84. The van der Waals surface area contributed by atoms with Crippen LogP contribution < -0.4 is 4.74 Å². The summed E-state index contributed by atoms with van der Waals surface area (Å²) in [4.78, 5) is 0.846. The average Bonchev–Trinajstić information content (AvgIpc) is 2.16. The molecule has 1 aromatic carbocycles. The Balaban J connectivity index is 2.93. The molecule has 0 saturated carbocycles. The van der Waals surface area contributed by atoms with Crippen molar-refractivity contribution in [3.05, 3.63) is 22.4 Å². The molecule has 0 spiro atoms. The topological polar surface area (TPSA) is 18.5 Å². The Morgan fingerprint density at radius 1 is 1.50 bits per heavy atom. The molecule has 0 aromatic heterocycles. The van der Waals surface area contributed by atoms with Gasteiger partial charge in [-0.25, -0.2) is 4.39 Å². The van der Waals surface area contributed by atoms with Crippen molar-refractivity contribution >= 4 is 27.7 Å². The molecule has 0 aliphatic heterocycles. The molecule has 0 unspecified atom stereocenters. The van der Waals surface area contributed by atoms with Crippen molar-refractivity contribution in [3.63, 3.8) is 0 Å². The van der Waals surface area contributed by atoms with E-state index in [4.69, 9.17) is 9.47 Å². The molecule has 5 heteroatoms. The number of hydrogen-bond acceptors (Lipinski definition) is 3. The van der Waals surface area contributed by atoms with Crippen molar-refractivity contribution in [2.24, 2.45) is 0 Å². The first-order chi connectivity index (χ1) is 6.69. The smallest absolute Gasteiger partial charge is 0.188 e. The average molecular weight is 281 g/mol. The predicted octanol–water partition coefficient (Wildman–Crippen LogP) is 3.29. The Morgan fingerprint density at radius 2 is 2.21 bits per heavy atom. The molecule has 0 N–H and O–H groups in total. The summed E-state index contributed by atoms with van der Waals surface area (Å²) in [5.74, 6) is -0.203. The van der Waals surface area contributed by atoms with Gasteiger partial charge in [-0.2, -0.15) is 0 Å². The highest BCUT2D eigenvalue weighted by molar-refractivity contribution is 9.10. The summed E-state index contributed by atoms with van der Waals surface area (Å²) in [6, 6.07) is 3.24. The molecular formula is C9H10BrFO2S. The van der Waals surface area contributed by atoms with Crippen LogP contribution in [0, 0.1) is 5.82 Å². The summed E-state index contributed by atoms with van der Waals surface area (Å²) in [7, 11) is 1.49. The highest BCUT2D eigenvalue weighted by Crippen LogP contribution is 2.32. The molecule has 0 radical (unpaired) electrons. The molecule has 1 rings (SSSR count). The molecule has 0 aliphatic carbocycles. The Kier molecular flexibility index (Phi) is 4.71. The van der Waals surface area contributed by atoms with Gasteiger partial charge in [-0.1, -0.05) is 0 Å². The second kappa shape index (κ2) is 5.58. The van der Waals surface area contributed by atoms with E-state index >= 15 is 0 Å². The fourth-order valence-corrected chi connectivity index (χ4v) is 2.07. The fourth-order valence-electron chi connectivity index (χ4n) is 0.910. The maximum atomic E-state index is 13.4. The van der Waals surface area contributed by atoms with E-state index in [1.165, 1.54) is 24.9 Å². The molecule has 0 bridgehead atoms. The standard InChI is InChI=1S/C9H10BrFO2S/c1-12-5-13-9-7(10)3-6(14-2)4-8(9)11/h3-4H,5H2,1-2H3. The van der Waals surface area contributed by atoms with Gasteiger partial charge in [0.2, 0.25) is 0 Å². The molecule has 78 valence electrons. The van der Waals surface area contributed by atoms with Crippen LogP contribution in [-0.4, -0.2) is 20.2 Å². The highest BCUT2D eigenvalue weighted by Gasteiger charge is 2.10. The van der Waals surface area contributed by atoms with Gasteiger partial charge in [0.05, 0.1) is 4.47 Å². The van der Waals surface area contributed by atoms with Crippen molar-refractivity contribution in [2.75, 3.05) is 20.2 Å². The van der Waals surface area contributed by atoms with Crippen LogP contribution in [-0.2, 0) is 4.74 Å². The lowest BCUT2D eigenvalue weighted by Crippen LogP contribution is -2.01. The second-order valence-corrected chi connectivity index (χ2v) is 4.21. The maximum Gasteiger partial charge on any atom is 0.188 e. The van der Waals surface area contributed by atoms with E-state index in [0.29, 0.717) is 4.47 Å². The lowest BCUT2D eigenvalue weighted by Gasteiger charge is -2.09. The molecule has 0 atom stereocenters. The first-order valence-corrected chi connectivity index (χ1v) is 5.85. The number of hydrogen-bond donors (Lipinski definition) is 0. The van der Waals surface area contributed by atoms with Gasteiger partial charge in [-0.15, -0.1) is 11.8 Å². The van der Waals surface area contributed by atoms with E-state index in [2.05, 4.69) is 15.9 Å². The van der Waals surface area contributed by atoms with Crippen molar-refractivity contribution in [1.82, 2.24) is 0 Å². The zero-order valence-corrected chi connectivity index (χ0v) is 10.2. The van der Waals surface area contributed by atoms with Gasteiger partial charge < -0.3 is 9.47 Å². The van der Waals surface area contributed by atoms with E-state index < -0.39 is 0 Å². The number of rotatable bonds is 4. The van der Waals surface area contributed by atoms with Gasteiger partial charge in [-0.05, 0) is 34.3 Å². The molecule has 14 heavy (non-hydrogen) atoms. The Hall–Kier alpha value is -0.260. The van der Waals surface area contributed by atoms with Gasteiger partial charge in [0, 0.05) is 12.0 Å². The summed E-state index contributed by atoms with van der Waals surface area (Å²) in [5.41, 5.74) is 0. The number of ether oxygens (including phenoxy) is 2. The van der Waals surface area contributed by atoms with Gasteiger partial charge >= 0.3 is 0 Å². The van der Waals surface area contributed by atoms with E-state index in [-0.39, 0.29) is 18.4 Å². The summed E-state index contributed by atoms with van der Waals surface area (Å²) < 4.78 is 23.8. The van der Waals surface area contributed by atoms with Crippen molar-refractivity contribution < 1.29 is 13.9 Å². The van der Waals surface area contributed by atoms with Crippen LogP contribution in [0.3, 0.4) is 0 Å². The van der Waals surface area contributed by atoms with Crippen molar-refractivity contribution in [1.29, 1.82) is 0 Å².